The van der Waals surface area contributed by atoms with Crippen molar-refractivity contribution in [2.45, 2.75) is 310 Å². The summed E-state index contributed by atoms with van der Waals surface area (Å²) in [6, 6.07) is 6.27. The summed E-state index contributed by atoms with van der Waals surface area (Å²) in [6.07, 6.45) is 62.2. The van der Waals surface area contributed by atoms with Crippen LogP contribution in [0.2, 0.25) is 0 Å². The van der Waals surface area contributed by atoms with E-state index >= 15 is 0 Å². The second-order valence-electron chi connectivity index (χ2n) is 19.0. The standard InChI is InChI=1S/C57H108O3/c1-4-7-10-13-16-19-22-25-28-31-34-37-40-43-46-52-58-55-50-49-51-56(59-53-47-44-41-38-35-32-29-26-23-20-17-14-11-8-5-2)57(55)60-54-48-45-42-39-36-33-30-27-24-21-18-15-12-9-6-3/h49-51H,4-48,52-54H2,1-3H3. The summed E-state index contributed by atoms with van der Waals surface area (Å²) in [7, 11) is 0. The Bertz CT molecular complexity index is 891. The van der Waals surface area contributed by atoms with Crippen molar-refractivity contribution in [2.24, 2.45) is 0 Å². The van der Waals surface area contributed by atoms with Crippen molar-refractivity contribution >= 4 is 0 Å². The zero-order valence-corrected chi connectivity index (χ0v) is 41.4. The van der Waals surface area contributed by atoms with Crippen molar-refractivity contribution in [2.75, 3.05) is 19.8 Å². The number of hydrogen-bond acceptors (Lipinski definition) is 3. The smallest absolute Gasteiger partial charge is 0.203 e. The van der Waals surface area contributed by atoms with Crippen LogP contribution >= 0.6 is 0 Å². The van der Waals surface area contributed by atoms with E-state index < -0.39 is 0 Å². The third kappa shape index (κ3) is 39.5. The lowest BCUT2D eigenvalue weighted by Gasteiger charge is -2.17. The van der Waals surface area contributed by atoms with Gasteiger partial charge in [-0.25, -0.2) is 0 Å². The second kappa shape index (κ2) is 48.6. The zero-order valence-electron chi connectivity index (χ0n) is 41.4. The van der Waals surface area contributed by atoms with E-state index in [9.17, 15) is 0 Å². The normalized spacial score (nSPS) is 11.4. The molecule has 0 aliphatic heterocycles. The van der Waals surface area contributed by atoms with Crippen molar-refractivity contribution in [3.8, 4) is 17.2 Å². The van der Waals surface area contributed by atoms with Gasteiger partial charge in [-0.2, -0.15) is 0 Å². The molecule has 1 rings (SSSR count). The monoisotopic (exact) mass is 841 g/mol. The molecule has 0 aliphatic rings. The summed E-state index contributed by atoms with van der Waals surface area (Å²) >= 11 is 0. The van der Waals surface area contributed by atoms with Crippen LogP contribution in [-0.4, -0.2) is 19.8 Å². The first kappa shape index (κ1) is 56.6. The maximum absolute atomic E-state index is 6.49. The highest BCUT2D eigenvalue weighted by atomic mass is 16.5. The lowest BCUT2D eigenvalue weighted by Crippen LogP contribution is -2.06. The summed E-state index contributed by atoms with van der Waals surface area (Å²) < 4.78 is 19.3. The van der Waals surface area contributed by atoms with Crippen LogP contribution in [0.1, 0.15) is 310 Å². The summed E-state index contributed by atoms with van der Waals surface area (Å²) in [5.41, 5.74) is 0. The van der Waals surface area contributed by atoms with Crippen LogP contribution in [0.4, 0.5) is 0 Å². The van der Waals surface area contributed by atoms with Gasteiger partial charge in [0.15, 0.2) is 11.5 Å². The molecule has 0 heterocycles. The molecule has 0 N–H and O–H groups in total. The van der Waals surface area contributed by atoms with Gasteiger partial charge in [-0.3, -0.25) is 0 Å². The second-order valence-corrected chi connectivity index (χ2v) is 19.0. The van der Waals surface area contributed by atoms with Crippen molar-refractivity contribution in [1.29, 1.82) is 0 Å². The average molecular weight is 841 g/mol. The number of para-hydroxylation sites is 1. The summed E-state index contributed by atoms with van der Waals surface area (Å²) in [6.45, 7) is 9.18. The van der Waals surface area contributed by atoms with Crippen LogP contribution in [0.3, 0.4) is 0 Å². The number of benzene rings is 1. The van der Waals surface area contributed by atoms with Gasteiger partial charge in [0, 0.05) is 0 Å². The van der Waals surface area contributed by atoms with Gasteiger partial charge < -0.3 is 14.2 Å². The van der Waals surface area contributed by atoms with E-state index in [-0.39, 0.29) is 0 Å². The fourth-order valence-corrected chi connectivity index (χ4v) is 8.82. The molecule has 354 valence electrons. The highest BCUT2D eigenvalue weighted by Gasteiger charge is 2.13. The molecule has 0 amide bonds. The van der Waals surface area contributed by atoms with Gasteiger partial charge >= 0.3 is 0 Å². The van der Waals surface area contributed by atoms with Crippen LogP contribution in [0, 0.1) is 0 Å². The molecule has 0 radical (unpaired) electrons. The number of rotatable bonds is 51. The van der Waals surface area contributed by atoms with E-state index in [4.69, 9.17) is 14.2 Å². The number of hydrogen-bond donors (Lipinski definition) is 0. The topological polar surface area (TPSA) is 27.7 Å². The minimum absolute atomic E-state index is 0.743. The molecule has 0 bridgehead atoms. The molecule has 0 saturated carbocycles. The van der Waals surface area contributed by atoms with Gasteiger partial charge in [-0.1, -0.05) is 297 Å². The van der Waals surface area contributed by atoms with Gasteiger partial charge in [-0.05, 0) is 31.4 Å². The third-order valence-electron chi connectivity index (χ3n) is 12.9. The SMILES string of the molecule is CCCCCCCCCCCCCCCCCOc1cccc(OCCCCCCCCCCCCCCCCC)c1OCCCCCCCCCCCCCCCCC. The molecule has 1 aromatic carbocycles. The van der Waals surface area contributed by atoms with Crippen molar-refractivity contribution in [1.82, 2.24) is 0 Å². The van der Waals surface area contributed by atoms with Crippen LogP contribution in [0.25, 0.3) is 0 Å². The molecule has 0 fully saturated rings. The fraction of sp³-hybridized carbons (Fsp3) is 0.895. The molecule has 0 unspecified atom stereocenters. The highest BCUT2D eigenvalue weighted by molar-refractivity contribution is 5.51. The quantitative estimate of drug-likeness (QED) is 0.0612. The van der Waals surface area contributed by atoms with E-state index in [1.807, 2.05) is 0 Å². The molecule has 0 spiro atoms. The molecular weight excluding hydrogens is 733 g/mol. The molecule has 0 saturated heterocycles. The molecule has 0 atom stereocenters. The van der Waals surface area contributed by atoms with Crippen molar-refractivity contribution in [3.05, 3.63) is 18.2 Å². The largest absolute Gasteiger partial charge is 0.490 e. The van der Waals surface area contributed by atoms with Gasteiger partial charge in [0.05, 0.1) is 19.8 Å². The first-order valence-electron chi connectivity index (χ1n) is 27.8. The van der Waals surface area contributed by atoms with E-state index in [0.29, 0.717) is 0 Å². The highest BCUT2D eigenvalue weighted by Crippen LogP contribution is 2.38. The Balaban J connectivity index is 2.30. The Morgan fingerprint density at radius 2 is 0.417 bits per heavy atom. The summed E-state index contributed by atoms with van der Waals surface area (Å²) in [5, 5.41) is 0. The van der Waals surface area contributed by atoms with Gasteiger partial charge in [0.2, 0.25) is 5.75 Å². The average Bonchev–Trinajstić information content (AvgIpc) is 3.26. The van der Waals surface area contributed by atoms with E-state index in [1.165, 1.54) is 270 Å². The van der Waals surface area contributed by atoms with Crippen LogP contribution < -0.4 is 14.2 Å². The molecule has 3 heteroatoms. The Hall–Kier alpha value is -1.38. The zero-order chi connectivity index (χ0) is 42.9. The first-order valence-corrected chi connectivity index (χ1v) is 27.8. The van der Waals surface area contributed by atoms with Crippen molar-refractivity contribution < 1.29 is 14.2 Å². The lowest BCUT2D eigenvalue weighted by atomic mass is 10.0. The molecule has 0 aromatic heterocycles. The Morgan fingerprint density at radius 1 is 0.233 bits per heavy atom. The molecule has 60 heavy (non-hydrogen) atoms. The Kier molecular flexibility index (Phi) is 45.9. The maximum Gasteiger partial charge on any atom is 0.203 e. The molecule has 1 aromatic rings. The summed E-state index contributed by atoms with van der Waals surface area (Å²) in [4.78, 5) is 0. The van der Waals surface area contributed by atoms with E-state index in [1.54, 1.807) is 0 Å². The van der Waals surface area contributed by atoms with E-state index in [2.05, 4.69) is 39.0 Å². The van der Waals surface area contributed by atoms with E-state index in [0.717, 1.165) is 56.3 Å². The molecule has 3 nitrogen and oxygen atoms in total. The van der Waals surface area contributed by atoms with Crippen LogP contribution in [-0.2, 0) is 0 Å². The minimum atomic E-state index is 0.743. The fourth-order valence-electron chi connectivity index (χ4n) is 8.82. The van der Waals surface area contributed by atoms with Gasteiger partial charge in [-0.15, -0.1) is 0 Å². The lowest BCUT2D eigenvalue weighted by molar-refractivity contribution is 0.234. The van der Waals surface area contributed by atoms with Gasteiger partial charge in [0.25, 0.3) is 0 Å². The van der Waals surface area contributed by atoms with Crippen LogP contribution in [0.15, 0.2) is 18.2 Å². The number of unbranched alkanes of at least 4 members (excludes halogenated alkanes) is 42. The number of ether oxygens (including phenoxy) is 3. The Morgan fingerprint density at radius 3 is 0.633 bits per heavy atom. The van der Waals surface area contributed by atoms with Gasteiger partial charge in [0.1, 0.15) is 0 Å². The summed E-state index contributed by atoms with van der Waals surface area (Å²) in [5.74, 6) is 2.58. The third-order valence-corrected chi connectivity index (χ3v) is 12.9. The molecule has 0 aliphatic carbocycles. The minimum Gasteiger partial charge on any atom is -0.490 e. The predicted octanol–water partition coefficient (Wildman–Crippen LogP) is 20.4. The predicted molar refractivity (Wildman–Crippen MR) is 268 cm³/mol. The Labute approximate surface area is 377 Å². The van der Waals surface area contributed by atoms with Crippen LogP contribution in [0.5, 0.6) is 17.2 Å². The first-order chi connectivity index (χ1) is 29.8. The van der Waals surface area contributed by atoms with Crippen molar-refractivity contribution in [3.63, 3.8) is 0 Å². The molecular formula is C57H108O3. The maximum atomic E-state index is 6.49.